The van der Waals surface area contributed by atoms with Crippen molar-refractivity contribution in [2.45, 2.75) is 25.6 Å². The predicted octanol–water partition coefficient (Wildman–Crippen LogP) is 1.33. The predicted molar refractivity (Wildman–Crippen MR) is 95.4 cm³/mol. The van der Waals surface area contributed by atoms with Gasteiger partial charge in [-0.2, -0.15) is 0 Å². The van der Waals surface area contributed by atoms with E-state index in [1.165, 1.54) is 13.0 Å². The van der Waals surface area contributed by atoms with Gasteiger partial charge in [0.25, 0.3) is 0 Å². The number of phenols is 3. The van der Waals surface area contributed by atoms with Crippen LogP contribution in [0.1, 0.15) is 56.7 Å². The number of phenolic OH excluding ortho intramolecular Hbond substituents is 3. The van der Waals surface area contributed by atoms with Crippen LogP contribution in [0.25, 0.3) is 0 Å². The smallest absolute Gasteiger partial charge is 0.302 e. The highest BCUT2D eigenvalue weighted by atomic mass is 16.6. The molecule has 150 valence electrons. The van der Waals surface area contributed by atoms with Gasteiger partial charge in [-0.1, -0.05) is 0 Å². The fraction of sp³-hybridized carbons (Fsp3) is 0.250. The SMILES string of the molecule is CC(=O)OCCC1c2c(cc3c(c2O)C(=O)c2c(O)cc(O)cc2C3=O)O[C@H]1O. The summed E-state index contributed by atoms with van der Waals surface area (Å²) in [5.74, 6) is -4.31. The third kappa shape index (κ3) is 2.78. The summed E-state index contributed by atoms with van der Waals surface area (Å²) in [6.45, 7) is 1.18. The maximum atomic E-state index is 13.0. The van der Waals surface area contributed by atoms with E-state index in [1.54, 1.807) is 0 Å². The molecular formula is C20H16O9. The number of hydrogen-bond acceptors (Lipinski definition) is 9. The second kappa shape index (κ2) is 6.49. The number of aliphatic hydroxyl groups is 1. The van der Waals surface area contributed by atoms with E-state index in [1.807, 2.05) is 0 Å². The lowest BCUT2D eigenvalue weighted by molar-refractivity contribution is -0.141. The lowest BCUT2D eigenvalue weighted by Crippen LogP contribution is -2.22. The Hall–Kier alpha value is -3.59. The van der Waals surface area contributed by atoms with Crippen LogP contribution in [0.15, 0.2) is 18.2 Å². The summed E-state index contributed by atoms with van der Waals surface area (Å²) in [6, 6.07) is 3.22. The largest absolute Gasteiger partial charge is 0.508 e. The second-order valence-corrected chi connectivity index (χ2v) is 6.85. The first kappa shape index (κ1) is 18.8. The van der Waals surface area contributed by atoms with Crippen LogP contribution in [0.4, 0.5) is 0 Å². The first-order valence-corrected chi connectivity index (χ1v) is 8.74. The van der Waals surface area contributed by atoms with Crippen molar-refractivity contribution in [3.05, 3.63) is 46.0 Å². The summed E-state index contributed by atoms with van der Waals surface area (Å²) in [6.07, 6.45) is -1.27. The van der Waals surface area contributed by atoms with Gasteiger partial charge in [0.15, 0.2) is 5.78 Å². The van der Waals surface area contributed by atoms with Crippen molar-refractivity contribution in [3.8, 4) is 23.0 Å². The molecule has 0 spiro atoms. The number of esters is 1. The molecular weight excluding hydrogens is 384 g/mol. The van der Waals surface area contributed by atoms with E-state index in [2.05, 4.69) is 0 Å². The van der Waals surface area contributed by atoms with Gasteiger partial charge in [0.05, 0.1) is 23.7 Å². The zero-order valence-corrected chi connectivity index (χ0v) is 15.1. The van der Waals surface area contributed by atoms with Crippen molar-refractivity contribution < 1.29 is 44.3 Å². The van der Waals surface area contributed by atoms with Gasteiger partial charge in [-0.3, -0.25) is 14.4 Å². The zero-order valence-electron chi connectivity index (χ0n) is 15.1. The highest BCUT2D eigenvalue weighted by molar-refractivity contribution is 6.30. The highest BCUT2D eigenvalue weighted by Crippen LogP contribution is 2.50. The van der Waals surface area contributed by atoms with Crippen LogP contribution >= 0.6 is 0 Å². The van der Waals surface area contributed by atoms with Crippen LogP contribution in [-0.4, -0.2) is 50.9 Å². The third-order valence-electron chi connectivity index (χ3n) is 5.04. The molecule has 0 amide bonds. The van der Waals surface area contributed by atoms with Crippen molar-refractivity contribution >= 4 is 17.5 Å². The van der Waals surface area contributed by atoms with E-state index in [4.69, 9.17) is 9.47 Å². The summed E-state index contributed by atoms with van der Waals surface area (Å²) in [7, 11) is 0. The van der Waals surface area contributed by atoms with E-state index in [9.17, 15) is 34.8 Å². The Balaban J connectivity index is 1.83. The number of hydrogen-bond donors (Lipinski definition) is 4. The number of carbonyl (C=O) groups is 3. The van der Waals surface area contributed by atoms with Crippen molar-refractivity contribution in [1.29, 1.82) is 0 Å². The van der Waals surface area contributed by atoms with Crippen LogP contribution in [-0.2, 0) is 9.53 Å². The Morgan fingerprint density at radius 1 is 1.07 bits per heavy atom. The Labute approximate surface area is 163 Å². The van der Waals surface area contributed by atoms with Gasteiger partial charge < -0.3 is 29.9 Å². The number of aliphatic hydroxyl groups excluding tert-OH is 1. The molecule has 0 aromatic heterocycles. The Morgan fingerprint density at radius 3 is 2.45 bits per heavy atom. The van der Waals surface area contributed by atoms with Crippen LogP contribution < -0.4 is 4.74 Å². The van der Waals surface area contributed by atoms with Crippen molar-refractivity contribution in [2.75, 3.05) is 6.61 Å². The number of rotatable bonds is 3. The molecule has 2 atom stereocenters. The lowest BCUT2D eigenvalue weighted by Gasteiger charge is -2.21. The molecule has 1 aliphatic heterocycles. The molecule has 9 nitrogen and oxygen atoms in total. The molecule has 2 aromatic rings. The molecule has 0 saturated carbocycles. The third-order valence-corrected chi connectivity index (χ3v) is 5.04. The average Bonchev–Trinajstić information content (AvgIpc) is 2.94. The fourth-order valence-electron chi connectivity index (χ4n) is 3.80. The molecule has 4 N–H and O–H groups in total. The number of ether oxygens (including phenoxy) is 2. The molecule has 9 heteroatoms. The summed E-state index contributed by atoms with van der Waals surface area (Å²) >= 11 is 0. The maximum Gasteiger partial charge on any atom is 0.302 e. The fourth-order valence-corrected chi connectivity index (χ4v) is 3.80. The van der Waals surface area contributed by atoms with Crippen LogP contribution in [0, 0.1) is 0 Å². The minimum absolute atomic E-state index is 0.0237. The van der Waals surface area contributed by atoms with Gasteiger partial charge in [-0.25, -0.2) is 0 Å². The molecule has 0 bridgehead atoms. The molecule has 2 aliphatic rings. The topological polar surface area (TPSA) is 151 Å². The summed E-state index contributed by atoms with van der Waals surface area (Å²) in [4.78, 5) is 36.8. The number of ketones is 2. The molecule has 0 saturated heterocycles. The molecule has 0 fully saturated rings. The number of fused-ring (bicyclic) bond motifs is 3. The first-order chi connectivity index (χ1) is 13.7. The number of aromatic hydroxyl groups is 3. The van der Waals surface area contributed by atoms with Gasteiger partial charge in [0.2, 0.25) is 12.1 Å². The van der Waals surface area contributed by atoms with Gasteiger partial charge in [-0.15, -0.1) is 0 Å². The van der Waals surface area contributed by atoms with Crippen molar-refractivity contribution in [1.82, 2.24) is 0 Å². The van der Waals surface area contributed by atoms with Crippen molar-refractivity contribution in [2.24, 2.45) is 0 Å². The van der Waals surface area contributed by atoms with E-state index in [0.29, 0.717) is 0 Å². The van der Waals surface area contributed by atoms with Crippen LogP contribution in [0.2, 0.25) is 0 Å². The first-order valence-electron chi connectivity index (χ1n) is 8.74. The zero-order chi connectivity index (χ0) is 21.0. The molecule has 1 aliphatic carbocycles. The van der Waals surface area contributed by atoms with E-state index >= 15 is 0 Å². The minimum atomic E-state index is -1.37. The van der Waals surface area contributed by atoms with Crippen molar-refractivity contribution in [3.63, 3.8) is 0 Å². The standard InChI is InChI=1S/C20H16O9/c1-7(21)28-3-2-9-15-13(29-20(9)27)6-11-16(19(15)26)18(25)14-10(17(11)24)4-8(22)5-12(14)23/h4-6,9,20,22-23,26-27H,2-3H2,1H3/t9?,20-/m1/s1. The summed E-state index contributed by atoms with van der Waals surface area (Å²) < 4.78 is 10.2. The Bertz CT molecular complexity index is 1090. The quantitative estimate of drug-likeness (QED) is 0.477. The number of carbonyl (C=O) groups excluding carboxylic acids is 3. The minimum Gasteiger partial charge on any atom is -0.508 e. The van der Waals surface area contributed by atoms with Crippen LogP contribution in [0.5, 0.6) is 23.0 Å². The van der Waals surface area contributed by atoms with E-state index < -0.39 is 47.0 Å². The number of benzene rings is 2. The summed E-state index contributed by atoms with van der Waals surface area (Å²) in [5.41, 5.74) is -0.906. The van der Waals surface area contributed by atoms with E-state index in [0.717, 1.165) is 12.1 Å². The maximum absolute atomic E-state index is 13.0. The lowest BCUT2D eigenvalue weighted by atomic mass is 9.80. The highest BCUT2D eigenvalue weighted by Gasteiger charge is 2.42. The van der Waals surface area contributed by atoms with Crippen LogP contribution in [0.3, 0.4) is 0 Å². The average molecular weight is 400 g/mol. The molecule has 29 heavy (non-hydrogen) atoms. The monoisotopic (exact) mass is 400 g/mol. The Kier molecular flexibility index (Phi) is 4.20. The molecule has 1 unspecified atom stereocenters. The second-order valence-electron chi connectivity index (χ2n) is 6.85. The molecule has 2 aromatic carbocycles. The Morgan fingerprint density at radius 2 is 1.76 bits per heavy atom. The van der Waals surface area contributed by atoms with Gasteiger partial charge in [0.1, 0.15) is 23.0 Å². The van der Waals surface area contributed by atoms with Gasteiger partial charge >= 0.3 is 5.97 Å². The molecule has 0 radical (unpaired) electrons. The van der Waals surface area contributed by atoms with E-state index in [-0.39, 0.29) is 46.6 Å². The molecule has 1 heterocycles. The summed E-state index contributed by atoms with van der Waals surface area (Å²) in [5, 5.41) is 40.7. The van der Waals surface area contributed by atoms with Gasteiger partial charge in [0, 0.05) is 29.7 Å². The molecule has 4 rings (SSSR count). The van der Waals surface area contributed by atoms with Gasteiger partial charge in [-0.05, 0) is 18.6 Å². The normalized spacial score (nSPS) is 19.2.